The van der Waals surface area contributed by atoms with Crippen LogP contribution in [0.4, 0.5) is 0 Å². The number of carbonyl (C=O) groups is 2. The van der Waals surface area contributed by atoms with Gasteiger partial charge < -0.3 is 14.1 Å². The maximum atomic E-state index is 12.5. The lowest BCUT2D eigenvalue weighted by Gasteiger charge is -2.28. The molecule has 0 N–H and O–H groups in total. The van der Waals surface area contributed by atoms with Gasteiger partial charge in [0.15, 0.2) is 16.4 Å². The highest BCUT2D eigenvalue weighted by Gasteiger charge is 2.42. The predicted molar refractivity (Wildman–Crippen MR) is 90.2 cm³/mol. The van der Waals surface area contributed by atoms with Crippen LogP contribution >= 0.6 is 0 Å². The van der Waals surface area contributed by atoms with Crippen LogP contribution in [-0.4, -0.2) is 55.4 Å². The average Bonchev–Trinajstić information content (AvgIpc) is 3.16. The van der Waals surface area contributed by atoms with Crippen molar-refractivity contribution in [3.8, 4) is 6.07 Å². The second-order valence-corrected chi connectivity index (χ2v) is 8.58. The number of hydrogen-bond donors (Lipinski definition) is 0. The highest BCUT2D eigenvalue weighted by atomic mass is 32.2. The second-order valence-electron chi connectivity index (χ2n) is 6.35. The lowest BCUT2D eigenvalue weighted by Crippen LogP contribution is -2.44. The molecule has 0 spiro atoms. The molecule has 2 heterocycles. The zero-order chi connectivity index (χ0) is 18.7. The van der Waals surface area contributed by atoms with Gasteiger partial charge in [-0.1, -0.05) is 0 Å². The first kappa shape index (κ1) is 18.2. The summed E-state index contributed by atoms with van der Waals surface area (Å²) in [7, 11) is -3.12. The monoisotopic (exact) mass is 378 g/mol. The van der Waals surface area contributed by atoms with Crippen molar-refractivity contribution in [2.24, 2.45) is 0 Å². The topological polar surface area (TPSA) is 118 Å². The van der Waals surface area contributed by atoms with Crippen molar-refractivity contribution in [2.75, 3.05) is 18.1 Å². The van der Waals surface area contributed by atoms with Crippen LogP contribution in [0.15, 0.2) is 28.4 Å². The summed E-state index contributed by atoms with van der Waals surface area (Å²) in [6, 6.07) is 4.54. The van der Waals surface area contributed by atoms with Crippen LogP contribution < -0.4 is 0 Å². The van der Waals surface area contributed by atoms with Crippen LogP contribution in [0.2, 0.25) is 0 Å². The van der Waals surface area contributed by atoms with Crippen LogP contribution in [0.5, 0.6) is 0 Å². The summed E-state index contributed by atoms with van der Waals surface area (Å²) in [6.45, 7) is -0.525. The maximum Gasteiger partial charge on any atom is 0.349 e. The minimum atomic E-state index is -3.12. The highest BCUT2D eigenvalue weighted by molar-refractivity contribution is 7.91. The first-order valence-electron chi connectivity index (χ1n) is 8.23. The highest BCUT2D eigenvalue weighted by Crippen LogP contribution is 2.32. The van der Waals surface area contributed by atoms with E-state index in [-0.39, 0.29) is 29.2 Å². The Morgan fingerprint density at radius 3 is 2.65 bits per heavy atom. The van der Waals surface area contributed by atoms with E-state index in [1.165, 1.54) is 12.3 Å². The van der Waals surface area contributed by atoms with Gasteiger partial charge in [-0.05, 0) is 31.4 Å². The lowest BCUT2D eigenvalue weighted by molar-refractivity contribution is -0.150. The number of amides is 1. The SMILES string of the molecule is N#C/C(=C\c1ccco1)C(=O)OCC(=O)N(C1CC1)[C@H]1CCS(=O)(=O)C1. The smallest absolute Gasteiger partial charge is 0.349 e. The number of carbonyl (C=O) groups excluding carboxylic acids is 2. The Bertz CT molecular complexity index is 862. The molecule has 0 unspecified atom stereocenters. The standard InChI is InChI=1S/C17H18N2O6S/c18-9-12(8-15-2-1-6-24-15)17(21)25-10-16(20)19(13-3-4-13)14-5-7-26(22,23)11-14/h1-2,6,8,13-14H,3-5,7,10-11H2/b12-8+/t14-/m0/s1. The van der Waals surface area contributed by atoms with Crippen molar-refractivity contribution in [3.63, 3.8) is 0 Å². The van der Waals surface area contributed by atoms with Gasteiger partial charge in [-0.3, -0.25) is 4.79 Å². The normalized spacial score (nSPS) is 21.8. The van der Waals surface area contributed by atoms with Crippen molar-refractivity contribution in [3.05, 3.63) is 29.7 Å². The van der Waals surface area contributed by atoms with Crippen molar-refractivity contribution < 1.29 is 27.2 Å². The molecule has 1 atom stereocenters. The third-order valence-electron chi connectivity index (χ3n) is 4.33. The molecule has 8 nitrogen and oxygen atoms in total. The Balaban J connectivity index is 1.61. The quantitative estimate of drug-likeness (QED) is 0.410. The number of rotatable bonds is 6. The van der Waals surface area contributed by atoms with E-state index >= 15 is 0 Å². The van der Waals surface area contributed by atoms with Gasteiger partial charge >= 0.3 is 5.97 Å². The Labute approximate surface area is 150 Å². The van der Waals surface area contributed by atoms with Crippen molar-refractivity contribution >= 4 is 27.8 Å². The van der Waals surface area contributed by atoms with E-state index in [4.69, 9.17) is 14.4 Å². The van der Waals surface area contributed by atoms with Crippen molar-refractivity contribution in [1.29, 1.82) is 5.26 Å². The van der Waals surface area contributed by atoms with Crippen LogP contribution in [0.3, 0.4) is 0 Å². The fourth-order valence-corrected chi connectivity index (χ4v) is 4.70. The number of ether oxygens (including phenoxy) is 1. The Morgan fingerprint density at radius 1 is 1.35 bits per heavy atom. The van der Waals surface area contributed by atoms with E-state index in [2.05, 4.69) is 0 Å². The second kappa shape index (κ2) is 7.33. The van der Waals surface area contributed by atoms with Gasteiger partial charge in [0.05, 0.1) is 17.8 Å². The van der Waals surface area contributed by atoms with Gasteiger partial charge in [0, 0.05) is 18.2 Å². The molecule has 0 radical (unpaired) electrons. The number of nitriles is 1. The summed E-state index contributed by atoms with van der Waals surface area (Å²) >= 11 is 0. The maximum absolute atomic E-state index is 12.5. The molecule has 1 amide bonds. The number of furan rings is 1. The average molecular weight is 378 g/mol. The van der Waals surface area contributed by atoms with Crippen LogP contribution in [0, 0.1) is 11.3 Å². The molecule has 138 valence electrons. The van der Waals surface area contributed by atoms with E-state index in [9.17, 15) is 18.0 Å². The number of sulfone groups is 1. The first-order chi connectivity index (χ1) is 12.4. The third-order valence-corrected chi connectivity index (χ3v) is 6.08. The Kier molecular flexibility index (Phi) is 5.13. The molecule has 0 bridgehead atoms. The number of hydrogen-bond acceptors (Lipinski definition) is 7. The third kappa shape index (κ3) is 4.32. The molecule has 1 saturated heterocycles. The molecule has 9 heteroatoms. The Morgan fingerprint density at radius 2 is 2.12 bits per heavy atom. The summed E-state index contributed by atoms with van der Waals surface area (Å²) < 4.78 is 33.4. The minimum Gasteiger partial charge on any atom is -0.465 e. The van der Waals surface area contributed by atoms with Gasteiger partial charge in [0.2, 0.25) is 0 Å². The molecule has 1 saturated carbocycles. The van der Waals surface area contributed by atoms with E-state index in [1.807, 2.05) is 0 Å². The molecule has 0 aromatic carbocycles. The molecule has 1 aromatic heterocycles. The summed E-state index contributed by atoms with van der Waals surface area (Å²) in [5.74, 6) is -1.02. The molecule has 1 aliphatic carbocycles. The van der Waals surface area contributed by atoms with Crippen LogP contribution in [0.1, 0.15) is 25.0 Å². The van der Waals surface area contributed by atoms with Gasteiger partial charge in [-0.2, -0.15) is 5.26 Å². The molecular formula is C17H18N2O6S. The largest absolute Gasteiger partial charge is 0.465 e. The molecule has 2 fully saturated rings. The van der Waals surface area contributed by atoms with E-state index in [1.54, 1.807) is 23.1 Å². The van der Waals surface area contributed by atoms with E-state index in [0.29, 0.717) is 12.2 Å². The summed E-state index contributed by atoms with van der Waals surface area (Å²) in [5, 5.41) is 9.08. The molecule has 26 heavy (non-hydrogen) atoms. The van der Waals surface area contributed by atoms with Crippen molar-refractivity contribution in [2.45, 2.75) is 31.3 Å². The zero-order valence-electron chi connectivity index (χ0n) is 14.0. The lowest BCUT2D eigenvalue weighted by atomic mass is 10.2. The number of esters is 1. The van der Waals surface area contributed by atoms with Crippen molar-refractivity contribution in [1.82, 2.24) is 4.90 Å². The van der Waals surface area contributed by atoms with E-state index < -0.39 is 28.3 Å². The fourth-order valence-electron chi connectivity index (χ4n) is 2.98. The van der Waals surface area contributed by atoms with Gasteiger partial charge in [-0.25, -0.2) is 13.2 Å². The van der Waals surface area contributed by atoms with Gasteiger partial charge in [0.1, 0.15) is 17.4 Å². The van der Waals surface area contributed by atoms with Gasteiger partial charge in [-0.15, -0.1) is 0 Å². The zero-order valence-corrected chi connectivity index (χ0v) is 14.8. The summed E-state index contributed by atoms with van der Waals surface area (Å²) in [4.78, 5) is 26.0. The summed E-state index contributed by atoms with van der Waals surface area (Å²) in [5.41, 5.74) is -0.283. The van der Waals surface area contributed by atoms with Crippen LogP contribution in [-0.2, 0) is 24.2 Å². The molecule has 2 aliphatic rings. The van der Waals surface area contributed by atoms with E-state index in [0.717, 1.165) is 12.8 Å². The number of nitrogens with zero attached hydrogens (tertiary/aromatic N) is 2. The predicted octanol–water partition coefficient (Wildman–Crippen LogP) is 0.908. The Hall–Kier alpha value is -2.60. The molecular weight excluding hydrogens is 360 g/mol. The molecule has 3 rings (SSSR count). The minimum absolute atomic E-state index is 0.00796. The summed E-state index contributed by atoms with van der Waals surface area (Å²) in [6.07, 6.45) is 4.67. The first-order valence-corrected chi connectivity index (χ1v) is 10.1. The van der Waals surface area contributed by atoms with Crippen LogP contribution in [0.25, 0.3) is 6.08 Å². The fraction of sp³-hybridized carbons (Fsp3) is 0.471. The van der Waals surface area contributed by atoms with Gasteiger partial charge in [0.25, 0.3) is 5.91 Å². The molecule has 1 aromatic rings. The molecule has 1 aliphatic heterocycles.